The van der Waals surface area contributed by atoms with Crippen molar-refractivity contribution in [3.05, 3.63) is 95.6 Å². The summed E-state index contributed by atoms with van der Waals surface area (Å²) >= 11 is 0. The van der Waals surface area contributed by atoms with E-state index in [-0.39, 0.29) is 0 Å². The van der Waals surface area contributed by atoms with E-state index in [9.17, 15) is 0 Å². The summed E-state index contributed by atoms with van der Waals surface area (Å²) < 4.78 is 0. The van der Waals surface area contributed by atoms with Gasteiger partial charge in [0.15, 0.2) is 0 Å². The fourth-order valence-electron chi connectivity index (χ4n) is 3.50. The van der Waals surface area contributed by atoms with Crippen LogP contribution in [-0.2, 0) is 0 Å². The predicted molar refractivity (Wildman–Crippen MR) is 115 cm³/mol. The van der Waals surface area contributed by atoms with Gasteiger partial charge in [0.1, 0.15) is 0 Å². The molecular weight excluding hydrogens is 312 g/mol. The Bertz CT molecular complexity index is 898. The Morgan fingerprint density at radius 1 is 0.769 bits per heavy atom. The van der Waals surface area contributed by atoms with Gasteiger partial charge in [-0.25, -0.2) is 0 Å². The molecule has 0 aliphatic carbocycles. The molecule has 3 rings (SSSR count). The maximum absolute atomic E-state index is 2.31. The molecule has 0 aromatic heterocycles. The summed E-state index contributed by atoms with van der Waals surface area (Å²) in [6, 6.07) is 24.5. The van der Waals surface area contributed by atoms with Crippen molar-refractivity contribution in [2.24, 2.45) is 0 Å². The van der Waals surface area contributed by atoms with Crippen LogP contribution in [0.2, 0.25) is 0 Å². The molecular formula is C26H28. The Balaban J connectivity index is 1.86. The Morgan fingerprint density at radius 2 is 1.42 bits per heavy atom. The second-order valence-corrected chi connectivity index (χ2v) is 7.17. The summed E-state index contributed by atoms with van der Waals surface area (Å²) in [5.74, 6) is 0.561. The molecule has 3 aromatic rings. The minimum Gasteiger partial charge on any atom is -0.0916 e. The predicted octanol–water partition coefficient (Wildman–Crippen LogP) is 7.71. The van der Waals surface area contributed by atoms with Crippen molar-refractivity contribution in [3.63, 3.8) is 0 Å². The van der Waals surface area contributed by atoms with Gasteiger partial charge in [0.05, 0.1) is 0 Å². The fourth-order valence-corrected chi connectivity index (χ4v) is 3.50. The van der Waals surface area contributed by atoms with Crippen molar-refractivity contribution in [1.82, 2.24) is 0 Å². The number of rotatable bonds is 5. The molecule has 0 aliphatic heterocycles. The van der Waals surface area contributed by atoms with Gasteiger partial charge in [-0.15, -0.1) is 0 Å². The zero-order valence-electron chi connectivity index (χ0n) is 16.3. The van der Waals surface area contributed by atoms with E-state index >= 15 is 0 Å². The monoisotopic (exact) mass is 340 g/mol. The van der Waals surface area contributed by atoms with Crippen molar-refractivity contribution in [2.45, 2.75) is 40.0 Å². The standard InChI is InChI=1S/C26H28/c1-5-6-9-19(2)22-12-14-23(15-13-22)24-16-17-26(21(4)18-24)25-11-8-7-10-20(25)3/h5-8,10-19H,9H2,1-4H3. The first-order chi connectivity index (χ1) is 12.6. The first-order valence-electron chi connectivity index (χ1n) is 9.48. The second-order valence-electron chi connectivity index (χ2n) is 7.17. The van der Waals surface area contributed by atoms with Crippen LogP contribution in [0.15, 0.2) is 78.9 Å². The lowest BCUT2D eigenvalue weighted by molar-refractivity contribution is 0.780. The molecule has 0 radical (unpaired) electrons. The van der Waals surface area contributed by atoms with Crippen LogP contribution >= 0.6 is 0 Å². The van der Waals surface area contributed by atoms with Crippen LogP contribution in [0, 0.1) is 13.8 Å². The lowest BCUT2D eigenvalue weighted by Crippen LogP contribution is -1.92. The minimum absolute atomic E-state index is 0.561. The molecule has 0 amide bonds. The molecule has 1 unspecified atom stereocenters. The lowest BCUT2D eigenvalue weighted by atomic mass is 9.92. The molecule has 0 heteroatoms. The van der Waals surface area contributed by atoms with E-state index in [1.54, 1.807) is 0 Å². The fraction of sp³-hybridized carbons (Fsp3) is 0.231. The van der Waals surface area contributed by atoms with Gasteiger partial charge < -0.3 is 0 Å². The molecule has 0 spiro atoms. The molecule has 3 aromatic carbocycles. The molecule has 132 valence electrons. The third-order valence-electron chi connectivity index (χ3n) is 5.20. The van der Waals surface area contributed by atoms with E-state index in [1.165, 1.54) is 38.9 Å². The van der Waals surface area contributed by atoms with E-state index in [0.29, 0.717) is 5.92 Å². The van der Waals surface area contributed by atoms with Gasteiger partial charge in [-0.1, -0.05) is 85.8 Å². The van der Waals surface area contributed by atoms with E-state index in [1.807, 2.05) is 0 Å². The summed E-state index contributed by atoms with van der Waals surface area (Å²) in [7, 11) is 0. The summed E-state index contributed by atoms with van der Waals surface area (Å²) in [5.41, 5.74) is 9.26. The van der Waals surface area contributed by atoms with Gasteiger partial charge >= 0.3 is 0 Å². The molecule has 0 fully saturated rings. The molecule has 0 nitrogen and oxygen atoms in total. The average Bonchev–Trinajstić information content (AvgIpc) is 2.67. The Labute approximate surface area is 158 Å². The molecule has 1 atom stereocenters. The van der Waals surface area contributed by atoms with Crippen molar-refractivity contribution in [3.8, 4) is 22.3 Å². The number of allylic oxidation sites excluding steroid dienone is 2. The first-order valence-corrected chi connectivity index (χ1v) is 9.48. The Kier molecular flexibility index (Phi) is 5.73. The van der Waals surface area contributed by atoms with Crippen molar-refractivity contribution in [1.29, 1.82) is 0 Å². The maximum Gasteiger partial charge on any atom is -0.0152 e. The van der Waals surface area contributed by atoms with Gasteiger partial charge in [-0.05, 0) is 72.1 Å². The summed E-state index contributed by atoms with van der Waals surface area (Å²) in [6.45, 7) is 8.75. The van der Waals surface area contributed by atoms with Gasteiger partial charge in [0.25, 0.3) is 0 Å². The Hall–Kier alpha value is -2.60. The SMILES string of the molecule is CC=CCC(C)c1ccc(-c2ccc(-c3ccccc3C)c(C)c2)cc1. The minimum atomic E-state index is 0.561. The van der Waals surface area contributed by atoms with Crippen LogP contribution in [0.3, 0.4) is 0 Å². The molecule has 0 N–H and O–H groups in total. The van der Waals surface area contributed by atoms with Gasteiger partial charge in [0, 0.05) is 0 Å². The highest BCUT2D eigenvalue weighted by atomic mass is 14.1. The van der Waals surface area contributed by atoms with E-state index in [4.69, 9.17) is 0 Å². The number of hydrogen-bond acceptors (Lipinski definition) is 0. The van der Waals surface area contributed by atoms with Crippen molar-refractivity contribution in [2.75, 3.05) is 0 Å². The molecule has 26 heavy (non-hydrogen) atoms. The number of hydrogen-bond donors (Lipinski definition) is 0. The topological polar surface area (TPSA) is 0 Å². The van der Waals surface area contributed by atoms with Gasteiger partial charge in [0.2, 0.25) is 0 Å². The average molecular weight is 341 g/mol. The second kappa shape index (κ2) is 8.19. The van der Waals surface area contributed by atoms with E-state index in [2.05, 4.69) is 107 Å². The molecule has 0 aliphatic rings. The number of aryl methyl sites for hydroxylation is 2. The first kappa shape index (κ1) is 18.2. The van der Waals surface area contributed by atoms with Crippen LogP contribution in [0.5, 0.6) is 0 Å². The maximum atomic E-state index is 2.31. The van der Waals surface area contributed by atoms with Crippen LogP contribution in [-0.4, -0.2) is 0 Å². The largest absolute Gasteiger partial charge is 0.0916 e. The quantitative estimate of drug-likeness (QED) is 0.417. The Morgan fingerprint density at radius 3 is 2.08 bits per heavy atom. The van der Waals surface area contributed by atoms with Crippen LogP contribution in [0.1, 0.15) is 42.9 Å². The third kappa shape index (κ3) is 3.96. The van der Waals surface area contributed by atoms with Gasteiger partial charge in [-0.2, -0.15) is 0 Å². The normalized spacial score (nSPS) is 12.5. The zero-order valence-corrected chi connectivity index (χ0v) is 16.3. The van der Waals surface area contributed by atoms with Crippen LogP contribution < -0.4 is 0 Å². The molecule has 0 heterocycles. The van der Waals surface area contributed by atoms with Crippen molar-refractivity contribution >= 4 is 0 Å². The summed E-state index contributed by atoms with van der Waals surface area (Å²) in [5, 5.41) is 0. The molecule has 0 saturated carbocycles. The lowest BCUT2D eigenvalue weighted by Gasteiger charge is -2.13. The van der Waals surface area contributed by atoms with E-state index < -0.39 is 0 Å². The zero-order chi connectivity index (χ0) is 18.5. The van der Waals surface area contributed by atoms with E-state index in [0.717, 1.165) is 6.42 Å². The smallest absolute Gasteiger partial charge is 0.0152 e. The molecule has 0 bridgehead atoms. The third-order valence-corrected chi connectivity index (χ3v) is 5.20. The van der Waals surface area contributed by atoms with Crippen LogP contribution in [0.4, 0.5) is 0 Å². The highest BCUT2D eigenvalue weighted by Crippen LogP contribution is 2.31. The highest BCUT2D eigenvalue weighted by Gasteiger charge is 2.08. The van der Waals surface area contributed by atoms with Crippen molar-refractivity contribution < 1.29 is 0 Å². The summed E-state index contributed by atoms with van der Waals surface area (Å²) in [6.07, 6.45) is 5.47. The van der Waals surface area contributed by atoms with Gasteiger partial charge in [-0.3, -0.25) is 0 Å². The highest BCUT2D eigenvalue weighted by molar-refractivity contribution is 5.75. The summed E-state index contributed by atoms with van der Waals surface area (Å²) in [4.78, 5) is 0. The number of benzene rings is 3. The molecule has 0 saturated heterocycles. The van der Waals surface area contributed by atoms with Crippen LogP contribution in [0.25, 0.3) is 22.3 Å².